The first-order valence-corrected chi connectivity index (χ1v) is 12.0. The van der Waals surface area contributed by atoms with Gasteiger partial charge in [-0.25, -0.2) is 9.97 Å². The molecule has 1 aliphatic carbocycles. The third kappa shape index (κ3) is 4.78. The van der Waals surface area contributed by atoms with Crippen molar-refractivity contribution in [3.8, 4) is 0 Å². The molecule has 1 heterocycles. The molecule has 0 saturated carbocycles. The summed E-state index contributed by atoms with van der Waals surface area (Å²) < 4.78 is 6.10. The number of aryl methyl sites for hydroxylation is 3. The Morgan fingerprint density at radius 2 is 1.71 bits per heavy atom. The van der Waals surface area contributed by atoms with Crippen molar-refractivity contribution in [1.82, 2.24) is 9.97 Å². The Morgan fingerprint density at radius 3 is 2.42 bits per heavy atom. The number of aromatic nitrogens is 2. The molecular formula is C26H31N3OS. The van der Waals surface area contributed by atoms with Crippen LogP contribution >= 0.6 is 11.8 Å². The van der Waals surface area contributed by atoms with Crippen molar-refractivity contribution >= 4 is 17.6 Å². The first-order valence-electron chi connectivity index (χ1n) is 11.2. The maximum absolute atomic E-state index is 6.10. The summed E-state index contributed by atoms with van der Waals surface area (Å²) in [6.07, 6.45) is 2.71. The molecule has 4 nitrogen and oxygen atoms in total. The molecule has 1 aromatic heterocycles. The minimum absolute atomic E-state index is 0.0936. The van der Waals surface area contributed by atoms with Crippen LogP contribution in [0.15, 0.2) is 58.5 Å². The average molecular weight is 434 g/mol. The smallest absolute Gasteiger partial charge is 0.148 e. The first kappa shape index (κ1) is 21.8. The monoisotopic (exact) mass is 433 g/mol. The van der Waals surface area contributed by atoms with Gasteiger partial charge >= 0.3 is 0 Å². The largest absolute Gasteiger partial charge is 0.376 e. The zero-order valence-corrected chi connectivity index (χ0v) is 19.6. The molecule has 5 heteroatoms. The molecule has 0 saturated heterocycles. The van der Waals surface area contributed by atoms with Gasteiger partial charge in [-0.15, -0.1) is 0 Å². The molecule has 0 bridgehead atoms. The predicted molar refractivity (Wildman–Crippen MR) is 128 cm³/mol. The zero-order chi connectivity index (χ0) is 21.8. The number of nitrogens with zero attached hydrogens (tertiary/aromatic N) is 2. The Bertz CT molecular complexity index is 1040. The van der Waals surface area contributed by atoms with Crippen LogP contribution in [-0.2, 0) is 24.0 Å². The molecule has 31 heavy (non-hydrogen) atoms. The van der Waals surface area contributed by atoms with E-state index in [1.807, 2.05) is 0 Å². The van der Waals surface area contributed by atoms with Gasteiger partial charge in [0.05, 0.1) is 23.5 Å². The fraction of sp³-hybridized carbons (Fsp3) is 0.385. The van der Waals surface area contributed by atoms with Crippen LogP contribution < -0.4 is 5.32 Å². The third-order valence-corrected chi connectivity index (χ3v) is 6.79. The summed E-state index contributed by atoms with van der Waals surface area (Å²) in [5, 5.41) is 4.72. The molecule has 1 aliphatic rings. The highest BCUT2D eigenvalue weighted by Crippen LogP contribution is 2.37. The molecule has 0 radical (unpaired) electrons. The summed E-state index contributed by atoms with van der Waals surface area (Å²) in [6.45, 7) is 9.16. The van der Waals surface area contributed by atoms with Gasteiger partial charge in [0.15, 0.2) is 0 Å². The van der Waals surface area contributed by atoms with Crippen molar-refractivity contribution < 1.29 is 4.74 Å². The molecule has 4 rings (SSSR count). The molecule has 0 spiro atoms. The van der Waals surface area contributed by atoms with Crippen molar-refractivity contribution in [1.29, 1.82) is 0 Å². The lowest BCUT2D eigenvalue weighted by Crippen LogP contribution is -2.26. The fourth-order valence-electron chi connectivity index (χ4n) is 4.12. The van der Waals surface area contributed by atoms with E-state index < -0.39 is 0 Å². The normalized spacial score (nSPS) is 17.5. The van der Waals surface area contributed by atoms with Crippen molar-refractivity contribution in [3.63, 3.8) is 0 Å². The van der Waals surface area contributed by atoms with Crippen LogP contribution in [-0.4, -0.2) is 22.7 Å². The standard InChI is InChI=1S/C26H31N3OS/c1-5-21-25(29-24-20-11-9-8-10-18(20)16-23(24)30-7-3)27-22(6-2)26(28-21)31-19-14-12-17(4)13-15-19/h8-15,23-24H,5-7,16H2,1-4H3,(H,27,29). The van der Waals surface area contributed by atoms with E-state index in [0.717, 1.165) is 41.5 Å². The van der Waals surface area contributed by atoms with Gasteiger partial charge in [-0.2, -0.15) is 0 Å². The summed E-state index contributed by atoms with van der Waals surface area (Å²) in [5.41, 5.74) is 5.96. The molecule has 0 amide bonds. The molecule has 1 N–H and O–H groups in total. The maximum Gasteiger partial charge on any atom is 0.148 e. The molecule has 2 atom stereocenters. The number of hydrogen-bond acceptors (Lipinski definition) is 5. The lowest BCUT2D eigenvalue weighted by molar-refractivity contribution is 0.0573. The van der Waals surface area contributed by atoms with E-state index in [1.165, 1.54) is 21.6 Å². The Morgan fingerprint density at radius 1 is 0.968 bits per heavy atom. The van der Waals surface area contributed by atoms with E-state index in [-0.39, 0.29) is 12.1 Å². The Hall–Kier alpha value is -2.37. The minimum Gasteiger partial charge on any atom is -0.376 e. The summed E-state index contributed by atoms with van der Waals surface area (Å²) >= 11 is 1.70. The van der Waals surface area contributed by atoms with Crippen molar-refractivity contribution in [3.05, 3.63) is 76.6 Å². The Balaban J connectivity index is 1.65. The van der Waals surface area contributed by atoms with E-state index >= 15 is 0 Å². The fourth-order valence-corrected chi connectivity index (χ4v) is 5.08. The minimum atomic E-state index is 0.0936. The second kappa shape index (κ2) is 9.84. The number of benzene rings is 2. The number of rotatable bonds is 8. The zero-order valence-electron chi connectivity index (χ0n) is 18.8. The lowest BCUT2D eigenvalue weighted by Gasteiger charge is -2.24. The van der Waals surface area contributed by atoms with Gasteiger partial charge in [0, 0.05) is 17.9 Å². The van der Waals surface area contributed by atoms with Crippen LogP contribution in [0.4, 0.5) is 5.82 Å². The van der Waals surface area contributed by atoms with E-state index in [4.69, 9.17) is 14.7 Å². The van der Waals surface area contributed by atoms with Crippen LogP contribution in [0.1, 0.15) is 54.9 Å². The second-order valence-corrected chi connectivity index (χ2v) is 8.97. The highest BCUT2D eigenvalue weighted by Gasteiger charge is 2.33. The molecule has 0 fully saturated rings. The quantitative estimate of drug-likeness (QED) is 0.460. The number of fused-ring (bicyclic) bond motifs is 1. The number of anilines is 1. The van der Waals surface area contributed by atoms with Crippen molar-refractivity contribution in [2.75, 3.05) is 11.9 Å². The topological polar surface area (TPSA) is 47.0 Å². The SMILES string of the molecule is CCOC1Cc2ccccc2C1Nc1nc(CC)c(Sc2ccc(C)cc2)nc1CC. The van der Waals surface area contributed by atoms with Crippen LogP contribution in [0.2, 0.25) is 0 Å². The second-order valence-electron chi connectivity index (χ2n) is 7.91. The molecule has 3 aromatic rings. The van der Waals surface area contributed by atoms with Gasteiger partial charge in [0.1, 0.15) is 10.8 Å². The Labute approximate surface area is 189 Å². The molecular weight excluding hydrogens is 402 g/mol. The van der Waals surface area contributed by atoms with E-state index in [1.54, 1.807) is 11.8 Å². The number of nitrogens with one attached hydrogen (secondary N) is 1. The number of ether oxygens (including phenoxy) is 1. The number of hydrogen-bond donors (Lipinski definition) is 1. The van der Waals surface area contributed by atoms with Crippen LogP contribution in [0.5, 0.6) is 0 Å². The van der Waals surface area contributed by atoms with E-state index in [9.17, 15) is 0 Å². The molecule has 2 aromatic carbocycles. The first-order chi connectivity index (χ1) is 15.1. The van der Waals surface area contributed by atoms with Crippen molar-refractivity contribution in [2.45, 2.75) is 69.0 Å². The average Bonchev–Trinajstić information content (AvgIpc) is 3.13. The third-order valence-electron chi connectivity index (χ3n) is 5.76. The van der Waals surface area contributed by atoms with Gasteiger partial charge in [-0.1, -0.05) is 67.6 Å². The van der Waals surface area contributed by atoms with E-state index in [2.05, 4.69) is 81.5 Å². The Kier molecular flexibility index (Phi) is 6.93. The predicted octanol–water partition coefficient (Wildman–Crippen LogP) is 6.18. The van der Waals surface area contributed by atoms with Crippen molar-refractivity contribution in [2.24, 2.45) is 0 Å². The molecule has 2 unspecified atom stereocenters. The highest BCUT2D eigenvalue weighted by atomic mass is 32.2. The van der Waals surface area contributed by atoms with Crippen LogP contribution in [0.25, 0.3) is 0 Å². The van der Waals surface area contributed by atoms with Gasteiger partial charge in [0.2, 0.25) is 0 Å². The summed E-state index contributed by atoms with van der Waals surface area (Å²) in [6, 6.07) is 17.3. The lowest BCUT2D eigenvalue weighted by atomic mass is 10.1. The van der Waals surface area contributed by atoms with E-state index in [0.29, 0.717) is 6.61 Å². The summed E-state index contributed by atoms with van der Waals surface area (Å²) in [5.74, 6) is 0.888. The van der Waals surface area contributed by atoms with Crippen LogP contribution in [0.3, 0.4) is 0 Å². The van der Waals surface area contributed by atoms with Crippen LogP contribution in [0, 0.1) is 6.92 Å². The summed E-state index contributed by atoms with van der Waals surface area (Å²) in [7, 11) is 0. The van der Waals surface area contributed by atoms with Gasteiger partial charge < -0.3 is 10.1 Å². The summed E-state index contributed by atoms with van der Waals surface area (Å²) in [4.78, 5) is 11.3. The van der Waals surface area contributed by atoms with Gasteiger partial charge in [0.25, 0.3) is 0 Å². The van der Waals surface area contributed by atoms with Gasteiger partial charge in [-0.05, 0) is 49.9 Å². The molecule has 162 valence electrons. The highest BCUT2D eigenvalue weighted by molar-refractivity contribution is 7.99. The van der Waals surface area contributed by atoms with Gasteiger partial charge in [-0.3, -0.25) is 0 Å². The maximum atomic E-state index is 6.10. The molecule has 0 aliphatic heterocycles.